The molecule has 0 radical (unpaired) electrons. The van der Waals surface area contributed by atoms with Crippen LogP contribution in [-0.2, 0) is 28.6 Å². The molecule has 6 heteroatoms. The Morgan fingerprint density at radius 3 is 1.17 bits per heavy atom. The maximum atomic E-state index is 12.8. The highest BCUT2D eigenvalue weighted by Gasteiger charge is 2.19. The van der Waals surface area contributed by atoms with Crippen molar-refractivity contribution in [3.05, 3.63) is 85.1 Å². The first-order valence-electron chi connectivity index (χ1n) is 26.1. The largest absolute Gasteiger partial charge is 0.462 e. The summed E-state index contributed by atoms with van der Waals surface area (Å²) in [7, 11) is 0. The highest BCUT2D eigenvalue weighted by Crippen LogP contribution is 2.14. The molecule has 360 valence electrons. The van der Waals surface area contributed by atoms with Crippen molar-refractivity contribution in [2.24, 2.45) is 0 Å². The van der Waals surface area contributed by atoms with E-state index in [-0.39, 0.29) is 31.1 Å². The molecule has 0 bridgehead atoms. The van der Waals surface area contributed by atoms with Crippen LogP contribution in [0.4, 0.5) is 0 Å². The van der Waals surface area contributed by atoms with E-state index in [1.165, 1.54) is 83.5 Å². The van der Waals surface area contributed by atoms with Gasteiger partial charge in [0.25, 0.3) is 0 Å². The molecular formula is C57H96O6. The van der Waals surface area contributed by atoms with Crippen LogP contribution in [0, 0.1) is 0 Å². The van der Waals surface area contributed by atoms with Crippen molar-refractivity contribution in [3.8, 4) is 0 Å². The first-order chi connectivity index (χ1) is 31.0. The van der Waals surface area contributed by atoms with Gasteiger partial charge in [-0.15, -0.1) is 0 Å². The first-order valence-corrected chi connectivity index (χ1v) is 26.1. The Hall–Kier alpha value is -3.41. The summed E-state index contributed by atoms with van der Waals surface area (Å²) >= 11 is 0. The van der Waals surface area contributed by atoms with E-state index in [9.17, 15) is 14.4 Å². The molecule has 63 heavy (non-hydrogen) atoms. The minimum atomic E-state index is -0.795. The van der Waals surface area contributed by atoms with Gasteiger partial charge in [-0.25, -0.2) is 0 Å². The molecule has 0 saturated heterocycles. The van der Waals surface area contributed by atoms with E-state index in [1.807, 2.05) is 0 Å². The van der Waals surface area contributed by atoms with Crippen molar-refractivity contribution < 1.29 is 28.6 Å². The summed E-state index contributed by atoms with van der Waals surface area (Å²) in [5.41, 5.74) is 0. The van der Waals surface area contributed by atoms with Crippen molar-refractivity contribution in [1.29, 1.82) is 0 Å². The quantitative estimate of drug-likeness (QED) is 0.0199. The maximum absolute atomic E-state index is 12.8. The molecule has 0 heterocycles. The number of carbonyl (C=O) groups is 3. The Bertz CT molecular complexity index is 1240. The van der Waals surface area contributed by atoms with E-state index in [0.29, 0.717) is 19.3 Å². The Kier molecular flexibility index (Phi) is 48.5. The van der Waals surface area contributed by atoms with E-state index in [2.05, 4.69) is 106 Å². The molecule has 0 N–H and O–H groups in total. The highest BCUT2D eigenvalue weighted by molar-refractivity contribution is 5.71. The molecule has 0 saturated carbocycles. The zero-order valence-electron chi connectivity index (χ0n) is 41.1. The van der Waals surface area contributed by atoms with E-state index in [4.69, 9.17) is 14.2 Å². The molecule has 0 amide bonds. The Morgan fingerprint density at radius 2 is 0.698 bits per heavy atom. The predicted octanol–water partition coefficient (Wildman–Crippen LogP) is 17.2. The topological polar surface area (TPSA) is 78.9 Å². The zero-order chi connectivity index (χ0) is 45.8. The van der Waals surface area contributed by atoms with Gasteiger partial charge in [-0.1, -0.05) is 209 Å². The molecular weight excluding hydrogens is 781 g/mol. The van der Waals surface area contributed by atoms with E-state index in [0.717, 1.165) is 116 Å². The van der Waals surface area contributed by atoms with Crippen LogP contribution in [0.5, 0.6) is 0 Å². The molecule has 0 aliphatic rings. The fraction of sp³-hybridized carbons (Fsp3) is 0.702. The van der Waals surface area contributed by atoms with Crippen LogP contribution in [-0.4, -0.2) is 37.2 Å². The SMILES string of the molecule is CC/C=C/C=C/C=C/CCCCCCCC(=O)OC(COC(=O)CCCCC/C=C/CCCCCCCC)COC(=O)CCCCCCCCCCC/C=C/C/C=C/C/C=C/CC. The Balaban J connectivity index is 4.40. The minimum absolute atomic E-state index is 0.0930. The third-order valence-corrected chi connectivity index (χ3v) is 10.9. The lowest BCUT2D eigenvalue weighted by Crippen LogP contribution is -2.30. The van der Waals surface area contributed by atoms with Gasteiger partial charge in [-0.2, -0.15) is 0 Å². The van der Waals surface area contributed by atoms with Crippen molar-refractivity contribution in [1.82, 2.24) is 0 Å². The molecule has 0 aromatic heterocycles. The monoisotopic (exact) mass is 877 g/mol. The van der Waals surface area contributed by atoms with Gasteiger partial charge < -0.3 is 14.2 Å². The molecule has 0 rings (SSSR count). The average molecular weight is 877 g/mol. The Morgan fingerprint density at radius 1 is 0.349 bits per heavy atom. The fourth-order valence-electron chi connectivity index (χ4n) is 7.04. The summed E-state index contributed by atoms with van der Waals surface area (Å²) in [6.07, 6.45) is 65.7. The van der Waals surface area contributed by atoms with Crippen LogP contribution in [0.15, 0.2) is 85.1 Å². The summed E-state index contributed by atoms with van der Waals surface area (Å²) in [6, 6.07) is 0. The third-order valence-electron chi connectivity index (χ3n) is 10.9. The van der Waals surface area contributed by atoms with Crippen LogP contribution in [0.3, 0.4) is 0 Å². The van der Waals surface area contributed by atoms with Crippen molar-refractivity contribution in [3.63, 3.8) is 0 Å². The molecule has 6 nitrogen and oxygen atoms in total. The molecule has 1 unspecified atom stereocenters. The van der Waals surface area contributed by atoms with Gasteiger partial charge in [-0.3, -0.25) is 14.4 Å². The number of ether oxygens (including phenoxy) is 3. The normalized spacial score (nSPS) is 12.7. The molecule has 0 aliphatic carbocycles. The van der Waals surface area contributed by atoms with Gasteiger partial charge in [0.2, 0.25) is 0 Å². The number of carbonyl (C=O) groups excluding carboxylic acids is 3. The summed E-state index contributed by atoms with van der Waals surface area (Å²) in [4.78, 5) is 38.0. The Labute approximate surface area is 388 Å². The lowest BCUT2D eigenvalue weighted by Gasteiger charge is -2.18. The van der Waals surface area contributed by atoms with E-state index >= 15 is 0 Å². The van der Waals surface area contributed by atoms with Crippen molar-refractivity contribution in [2.75, 3.05) is 13.2 Å². The van der Waals surface area contributed by atoms with E-state index < -0.39 is 6.10 Å². The average Bonchev–Trinajstić information content (AvgIpc) is 3.28. The summed E-state index contributed by atoms with van der Waals surface area (Å²) < 4.78 is 16.8. The summed E-state index contributed by atoms with van der Waals surface area (Å²) in [5, 5.41) is 0. The molecule has 0 aromatic carbocycles. The first kappa shape index (κ1) is 59.6. The van der Waals surface area contributed by atoms with Crippen LogP contribution in [0.2, 0.25) is 0 Å². The number of hydrogen-bond donors (Lipinski definition) is 0. The van der Waals surface area contributed by atoms with Crippen LogP contribution >= 0.6 is 0 Å². The second-order valence-electron chi connectivity index (χ2n) is 17.1. The molecule has 1 atom stereocenters. The van der Waals surface area contributed by atoms with Gasteiger partial charge in [-0.05, 0) is 96.3 Å². The maximum Gasteiger partial charge on any atom is 0.306 e. The highest BCUT2D eigenvalue weighted by atomic mass is 16.6. The van der Waals surface area contributed by atoms with Crippen LogP contribution in [0.1, 0.15) is 239 Å². The smallest absolute Gasteiger partial charge is 0.306 e. The number of rotatable bonds is 46. The van der Waals surface area contributed by atoms with E-state index in [1.54, 1.807) is 0 Å². The van der Waals surface area contributed by atoms with Gasteiger partial charge in [0.15, 0.2) is 6.10 Å². The lowest BCUT2D eigenvalue weighted by molar-refractivity contribution is -0.167. The number of hydrogen-bond acceptors (Lipinski definition) is 6. The molecule has 0 fully saturated rings. The minimum Gasteiger partial charge on any atom is -0.462 e. The van der Waals surface area contributed by atoms with Gasteiger partial charge in [0.05, 0.1) is 0 Å². The van der Waals surface area contributed by atoms with Gasteiger partial charge >= 0.3 is 17.9 Å². The standard InChI is InChI=1S/C57H96O6/c1-4-7-10-13-16-19-22-25-26-27-28-29-30-33-35-38-41-44-47-50-56(59)62-53-54(63-57(60)51-48-45-42-39-36-32-24-21-18-15-12-9-6-3)52-61-55(58)49-46-43-40-37-34-31-23-20-17-14-11-8-5-2/h7,9-10,12,15-16,18-19,21,24-26,31,34,54H,4-6,8,11,13-14,17,20,22-23,27-30,32-33,35-53H2,1-3H3/b10-7+,12-9+,18-15+,19-16+,24-21+,26-25+,34-31+. The molecule has 0 aliphatic heterocycles. The summed E-state index contributed by atoms with van der Waals surface area (Å²) in [6.45, 7) is 6.35. The number of unbranched alkanes of at least 4 members (excludes halogenated alkanes) is 23. The predicted molar refractivity (Wildman–Crippen MR) is 270 cm³/mol. The van der Waals surface area contributed by atoms with Crippen molar-refractivity contribution in [2.45, 2.75) is 245 Å². The number of esters is 3. The zero-order valence-corrected chi connectivity index (χ0v) is 41.1. The lowest BCUT2D eigenvalue weighted by atomic mass is 10.1. The third kappa shape index (κ3) is 49.5. The second-order valence-corrected chi connectivity index (χ2v) is 17.1. The van der Waals surface area contributed by atoms with Crippen LogP contribution < -0.4 is 0 Å². The number of allylic oxidation sites excluding steroid dienone is 14. The molecule has 0 aromatic rings. The second kappa shape index (κ2) is 51.2. The van der Waals surface area contributed by atoms with Crippen LogP contribution in [0.25, 0.3) is 0 Å². The van der Waals surface area contributed by atoms with Gasteiger partial charge in [0.1, 0.15) is 13.2 Å². The molecule has 0 spiro atoms. The van der Waals surface area contributed by atoms with Crippen molar-refractivity contribution >= 4 is 17.9 Å². The van der Waals surface area contributed by atoms with Gasteiger partial charge in [0, 0.05) is 19.3 Å². The fourth-order valence-corrected chi connectivity index (χ4v) is 7.04. The summed E-state index contributed by atoms with van der Waals surface area (Å²) in [5.74, 6) is -0.936.